The first-order valence-electron chi connectivity index (χ1n) is 4.45. The number of hydrogen-bond donors (Lipinski definition) is 1. The van der Waals surface area contributed by atoms with E-state index in [9.17, 15) is 5.11 Å². The van der Waals surface area contributed by atoms with E-state index in [0.717, 1.165) is 10.0 Å². The Balaban J connectivity index is 2.59. The number of benzene rings is 1. The van der Waals surface area contributed by atoms with E-state index in [1.54, 1.807) is 6.08 Å². The first-order valence-corrected chi connectivity index (χ1v) is 5.24. The van der Waals surface area contributed by atoms with Crippen LogP contribution in [-0.2, 0) is 0 Å². The zero-order chi connectivity index (χ0) is 10.4. The summed E-state index contributed by atoms with van der Waals surface area (Å²) < 4.78 is 0.910. The van der Waals surface area contributed by atoms with E-state index in [2.05, 4.69) is 22.5 Å². The fourth-order valence-corrected chi connectivity index (χ4v) is 1.31. The highest BCUT2D eigenvalue weighted by Gasteiger charge is 2.03. The van der Waals surface area contributed by atoms with Gasteiger partial charge in [-0.25, -0.2) is 0 Å². The van der Waals surface area contributed by atoms with Crippen LogP contribution in [0.15, 0.2) is 53.5 Å². The standard InChI is InChI=1S/C12H13BrO/c1-2-11(13)8-9-12(14)10-6-4-3-5-7-10/h2-8,12,14H,1,9H2/b11-8-. The maximum absolute atomic E-state index is 9.77. The molecule has 0 bridgehead atoms. The summed E-state index contributed by atoms with van der Waals surface area (Å²) in [5.74, 6) is 0. The van der Waals surface area contributed by atoms with E-state index in [1.807, 2.05) is 36.4 Å². The van der Waals surface area contributed by atoms with Gasteiger partial charge < -0.3 is 5.11 Å². The molecule has 1 unspecified atom stereocenters. The third-order valence-corrected chi connectivity index (χ3v) is 2.56. The molecule has 0 amide bonds. The summed E-state index contributed by atoms with van der Waals surface area (Å²) in [5, 5.41) is 9.77. The second-order valence-corrected chi connectivity index (χ2v) is 3.87. The van der Waals surface area contributed by atoms with Gasteiger partial charge in [0.05, 0.1) is 6.10 Å². The molecule has 0 aliphatic rings. The van der Waals surface area contributed by atoms with Gasteiger partial charge in [-0.3, -0.25) is 0 Å². The minimum Gasteiger partial charge on any atom is -0.388 e. The highest BCUT2D eigenvalue weighted by molar-refractivity contribution is 9.11. The van der Waals surface area contributed by atoms with E-state index in [1.165, 1.54) is 0 Å². The molecule has 0 saturated heterocycles. The Hall–Kier alpha value is -0.860. The number of aliphatic hydroxyl groups is 1. The lowest BCUT2D eigenvalue weighted by Gasteiger charge is -2.07. The quantitative estimate of drug-likeness (QED) is 0.813. The van der Waals surface area contributed by atoms with Crippen molar-refractivity contribution in [2.75, 3.05) is 0 Å². The molecule has 2 heteroatoms. The molecular weight excluding hydrogens is 240 g/mol. The average Bonchev–Trinajstić information content (AvgIpc) is 2.26. The fourth-order valence-electron chi connectivity index (χ4n) is 1.12. The van der Waals surface area contributed by atoms with E-state index >= 15 is 0 Å². The minimum atomic E-state index is -0.441. The smallest absolute Gasteiger partial charge is 0.0824 e. The molecule has 14 heavy (non-hydrogen) atoms. The molecule has 0 heterocycles. The maximum atomic E-state index is 9.77. The van der Waals surface area contributed by atoms with Crippen LogP contribution < -0.4 is 0 Å². The Labute approximate surface area is 92.9 Å². The molecule has 1 aromatic carbocycles. The first kappa shape index (κ1) is 11.2. The fraction of sp³-hybridized carbons (Fsp3) is 0.167. The van der Waals surface area contributed by atoms with Gasteiger partial charge in [-0.1, -0.05) is 65.0 Å². The summed E-state index contributed by atoms with van der Waals surface area (Å²) in [6.45, 7) is 3.61. The lowest BCUT2D eigenvalue weighted by molar-refractivity contribution is 0.181. The van der Waals surface area contributed by atoms with Crippen molar-refractivity contribution in [2.45, 2.75) is 12.5 Å². The molecule has 0 aromatic heterocycles. The van der Waals surface area contributed by atoms with Crippen LogP contribution in [0, 0.1) is 0 Å². The van der Waals surface area contributed by atoms with Crippen LogP contribution in [0.4, 0.5) is 0 Å². The van der Waals surface area contributed by atoms with Crippen molar-refractivity contribution in [3.63, 3.8) is 0 Å². The van der Waals surface area contributed by atoms with Crippen LogP contribution in [0.1, 0.15) is 18.1 Å². The van der Waals surface area contributed by atoms with E-state index in [0.29, 0.717) is 6.42 Å². The topological polar surface area (TPSA) is 20.2 Å². The van der Waals surface area contributed by atoms with Crippen molar-refractivity contribution in [3.8, 4) is 0 Å². The Morgan fingerprint density at radius 3 is 2.64 bits per heavy atom. The summed E-state index contributed by atoms with van der Waals surface area (Å²) in [6.07, 6.45) is 3.77. The van der Waals surface area contributed by atoms with Gasteiger partial charge in [-0.2, -0.15) is 0 Å². The summed E-state index contributed by atoms with van der Waals surface area (Å²) in [5.41, 5.74) is 0.938. The summed E-state index contributed by atoms with van der Waals surface area (Å²) in [4.78, 5) is 0. The van der Waals surface area contributed by atoms with Crippen molar-refractivity contribution in [2.24, 2.45) is 0 Å². The third kappa shape index (κ3) is 3.48. The van der Waals surface area contributed by atoms with E-state index in [-0.39, 0.29) is 0 Å². The van der Waals surface area contributed by atoms with Crippen molar-refractivity contribution in [3.05, 3.63) is 59.1 Å². The molecule has 0 saturated carbocycles. The molecule has 0 fully saturated rings. The highest BCUT2D eigenvalue weighted by Crippen LogP contribution is 2.18. The molecule has 1 atom stereocenters. The largest absolute Gasteiger partial charge is 0.388 e. The van der Waals surface area contributed by atoms with Gasteiger partial charge in [-0.05, 0) is 12.0 Å². The molecular formula is C12H13BrO. The van der Waals surface area contributed by atoms with Crippen molar-refractivity contribution >= 4 is 15.9 Å². The number of allylic oxidation sites excluding steroid dienone is 2. The van der Waals surface area contributed by atoms with Crippen LogP contribution in [0.3, 0.4) is 0 Å². The van der Waals surface area contributed by atoms with Gasteiger partial charge >= 0.3 is 0 Å². The van der Waals surface area contributed by atoms with Crippen LogP contribution >= 0.6 is 15.9 Å². The number of hydrogen-bond acceptors (Lipinski definition) is 1. The van der Waals surface area contributed by atoms with Gasteiger partial charge in [0, 0.05) is 4.48 Å². The van der Waals surface area contributed by atoms with Gasteiger partial charge in [0.15, 0.2) is 0 Å². The zero-order valence-electron chi connectivity index (χ0n) is 7.86. The monoisotopic (exact) mass is 252 g/mol. The van der Waals surface area contributed by atoms with Crippen LogP contribution in [0.2, 0.25) is 0 Å². The van der Waals surface area contributed by atoms with Crippen LogP contribution in [0.25, 0.3) is 0 Å². The van der Waals surface area contributed by atoms with Gasteiger partial charge in [0.25, 0.3) is 0 Å². The van der Waals surface area contributed by atoms with Crippen molar-refractivity contribution in [1.82, 2.24) is 0 Å². The van der Waals surface area contributed by atoms with Crippen molar-refractivity contribution < 1.29 is 5.11 Å². The molecule has 0 radical (unpaired) electrons. The summed E-state index contributed by atoms with van der Waals surface area (Å²) in [6, 6.07) is 9.61. The third-order valence-electron chi connectivity index (χ3n) is 1.92. The summed E-state index contributed by atoms with van der Waals surface area (Å²) >= 11 is 3.31. The number of aliphatic hydroxyl groups excluding tert-OH is 1. The molecule has 1 rings (SSSR count). The molecule has 1 nitrogen and oxygen atoms in total. The Morgan fingerprint density at radius 1 is 1.43 bits per heavy atom. The molecule has 0 aliphatic carbocycles. The van der Waals surface area contributed by atoms with Crippen LogP contribution in [0.5, 0.6) is 0 Å². The first-order chi connectivity index (χ1) is 6.74. The Kier molecular flexibility index (Phi) is 4.63. The predicted octanol–water partition coefficient (Wildman–Crippen LogP) is 3.57. The number of rotatable bonds is 4. The van der Waals surface area contributed by atoms with Gasteiger partial charge in [0.2, 0.25) is 0 Å². The van der Waals surface area contributed by atoms with Gasteiger partial charge in [0.1, 0.15) is 0 Å². The molecule has 74 valence electrons. The minimum absolute atomic E-state index is 0.441. The second kappa shape index (κ2) is 5.78. The van der Waals surface area contributed by atoms with E-state index < -0.39 is 6.10 Å². The van der Waals surface area contributed by atoms with Crippen LogP contribution in [-0.4, -0.2) is 5.11 Å². The lowest BCUT2D eigenvalue weighted by Crippen LogP contribution is -1.94. The SMILES string of the molecule is C=C/C(Br)=C/CC(O)c1ccccc1. The van der Waals surface area contributed by atoms with Gasteiger partial charge in [-0.15, -0.1) is 0 Å². The molecule has 0 spiro atoms. The normalized spacial score (nSPS) is 13.7. The summed E-state index contributed by atoms with van der Waals surface area (Å²) in [7, 11) is 0. The molecule has 1 N–H and O–H groups in total. The van der Waals surface area contributed by atoms with E-state index in [4.69, 9.17) is 0 Å². The Bertz CT molecular complexity index is 316. The lowest BCUT2D eigenvalue weighted by atomic mass is 10.1. The highest BCUT2D eigenvalue weighted by atomic mass is 79.9. The molecule has 0 aliphatic heterocycles. The van der Waals surface area contributed by atoms with Crippen molar-refractivity contribution in [1.29, 1.82) is 0 Å². The zero-order valence-corrected chi connectivity index (χ0v) is 9.44. The predicted molar refractivity (Wildman–Crippen MR) is 63.2 cm³/mol. The maximum Gasteiger partial charge on any atom is 0.0824 e. The number of halogens is 1. The Morgan fingerprint density at radius 2 is 2.07 bits per heavy atom. The average molecular weight is 253 g/mol. The molecule has 1 aromatic rings. The second-order valence-electron chi connectivity index (χ2n) is 2.96.